The van der Waals surface area contributed by atoms with Gasteiger partial charge in [-0.15, -0.1) is 0 Å². The summed E-state index contributed by atoms with van der Waals surface area (Å²) in [5.41, 5.74) is 0. The molecule has 0 heterocycles. The average molecular weight is 177 g/mol. The van der Waals surface area contributed by atoms with Gasteiger partial charge >= 0.3 is 8.56 Å². The van der Waals surface area contributed by atoms with Crippen LogP contribution >= 0.6 is 0 Å². The minimum atomic E-state index is -1.77. The molecule has 0 aliphatic carbocycles. The first kappa shape index (κ1) is 10.2. The smallest absolute Gasteiger partial charge is 0.324 e. The number of hydrogen-bond acceptors (Lipinski definition) is 2. The van der Waals surface area contributed by atoms with Gasteiger partial charge in [0, 0.05) is 0 Å². The lowest BCUT2D eigenvalue weighted by atomic mass is 10.9. The van der Waals surface area contributed by atoms with E-state index < -0.39 is 17.6 Å². The Morgan fingerprint density at radius 3 is 2.20 bits per heavy atom. The average Bonchev–Trinajstić information content (AvgIpc) is 1.59. The highest BCUT2D eigenvalue weighted by Gasteiger charge is 2.25. The summed E-state index contributed by atoms with van der Waals surface area (Å²) in [7, 11) is -2.69. The van der Waals surface area contributed by atoms with Gasteiger partial charge in [0.25, 0.3) is 0 Å². The van der Waals surface area contributed by atoms with E-state index in [1.165, 1.54) is 0 Å². The van der Waals surface area contributed by atoms with Crippen molar-refractivity contribution in [2.75, 3.05) is 6.61 Å². The van der Waals surface area contributed by atoms with Gasteiger partial charge in [-0.3, -0.25) is 0 Å². The molecule has 2 nitrogen and oxygen atoms in total. The van der Waals surface area contributed by atoms with Crippen molar-refractivity contribution >= 4 is 17.6 Å². The zero-order valence-corrected chi connectivity index (χ0v) is 9.46. The highest BCUT2D eigenvalue weighted by molar-refractivity contribution is 6.72. The van der Waals surface area contributed by atoms with Gasteiger partial charge in [0.1, 0.15) is 0 Å². The molecule has 60 valence electrons. The van der Waals surface area contributed by atoms with Crippen molar-refractivity contribution in [1.82, 2.24) is 0 Å². The molecule has 0 saturated heterocycles. The predicted octanol–water partition coefficient (Wildman–Crippen LogP) is 1.54. The van der Waals surface area contributed by atoms with Crippen molar-refractivity contribution in [3.8, 4) is 0 Å². The lowest BCUT2D eigenvalue weighted by Crippen LogP contribution is -2.38. The van der Waals surface area contributed by atoms with Gasteiger partial charge in [-0.2, -0.15) is 0 Å². The predicted molar refractivity (Wildman–Crippen MR) is 48.8 cm³/mol. The fourth-order valence-electron chi connectivity index (χ4n) is 0.847. The van der Waals surface area contributed by atoms with E-state index in [4.69, 9.17) is 8.54 Å². The van der Waals surface area contributed by atoms with Crippen LogP contribution in [0.25, 0.3) is 0 Å². The van der Waals surface area contributed by atoms with E-state index in [1.54, 1.807) is 0 Å². The minimum absolute atomic E-state index is 0.528. The van der Waals surface area contributed by atoms with E-state index in [0.717, 1.165) is 0 Å². The van der Waals surface area contributed by atoms with Crippen molar-refractivity contribution < 1.29 is 8.54 Å². The third kappa shape index (κ3) is 5.04. The van der Waals surface area contributed by atoms with Crippen molar-refractivity contribution in [1.29, 1.82) is 0 Å². The summed E-state index contributed by atoms with van der Waals surface area (Å²) in [6.07, 6.45) is 0. The molecule has 0 saturated carbocycles. The van der Waals surface area contributed by atoms with Crippen LogP contribution in [0, 0.1) is 6.92 Å². The summed E-state index contributed by atoms with van der Waals surface area (Å²) in [5.74, 6) is 0. The van der Waals surface area contributed by atoms with Crippen LogP contribution in [0.5, 0.6) is 0 Å². The van der Waals surface area contributed by atoms with E-state index in [1.807, 2.05) is 0 Å². The fourth-order valence-corrected chi connectivity index (χ4v) is 6.15. The van der Waals surface area contributed by atoms with Crippen molar-refractivity contribution in [3.63, 3.8) is 0 Å². The fraction of sp³-hybridized carbons (Fsp3) is 0.833. The molecule has 0 aromatic rings. The Kier molecular flexibility index (Phi) is 4.27. The van der Waals surface area contributed by atoms with Crippen LogP contribution in [0.15, 0.2) is 0 Å². The lowest BCUT2D eigenvalue weighted by Gasteiger charge is -2.22. The summed E-state index contributed by atoms with van der Waals surface area (Å²) in [6.45, 7) is 12.6. The molecule has 0 spiro atoms. The van der Waals surface area contributed by atoms with Crippen LogP contribution in [-0.2, 0) is 8.54 Å². The van der Waals surface area contributed by atoms with Crippen molar-refractivity contribution in [2.24, 2.45) is 0 Å². The molecular weight excluding hydrogens is 160 g/mol. The molecule has 0 aromatic carbocycles. The molecular formula is C6H17O2Si2+. The molecule has 0 amide bonds. The first-order valence-electron chi connectivity index (χ1n) is 3.59. The van der Waals surface area contributed by atoms with Crippen LogP contribution in [0.3, 0.4) is 0 Å². The molecule has 0 radical (unpaired) electrons. The van der Waals surface area contributed by atoms with Crippen LogP contribution in [0.4, 0.5) is 0 Å². The van der Waals surface area contributed by atoms with Gasteiger partial charge in [0.15, 0.2) is 15.6 Å². The zero-order chi connectivity index (χ0) is 8.20. The van der Waals surface area contributed by atoms with E-state index in [2.05, 4.69) is 33.1 Å². The van der Waals surface area contributed by atoms with Gasteiger partial charge in [0.2, 0.25) is 0 Å². The molecule has 0 atom stereocenters. The molecule has 0 rings (SSSR count). The van der Waals surface area contributed by atoms with E-state index in [0.29, 0.717) is 6.61 Å². The third-order valence-corrected chi connectivity index (χ3v) is 6.02. The topological polar surface area (TPSA) is 18.5 Å². The Bertz CT molecular complexity index is 93.7. The highest BCUT2D eigenvalue weighted by Crippen LogP contribution is 2.07. The molecule has 0 N–H and O–H groups in total. The summed E-state index contributed by atoms with van der Waals surface area (Å²) in [6, 6.07) is 0. The van der Waals surface area contributed by atoms with E-state index >= 15 is 0 Å². The number of rotatable bonds is 4. The van der Waals surface area contributed by atoms with Crippen LogP contribution < -0.4 is 0 Å². The van der Waals surface area contributed by atoms with Crippen LogP contribution in [0.2, 0.25) is 26.2 Å². The second kappa shape index (κ2) is 4.17. The first-order valence-corrected chi connectivity index (χ1v) is 9.18. The Labute approximate surface area is 66.5 Å². The maximum absolute atomic E-state index is 5.69. The SMILES string of the molecule is [CH2+]CO[Si](C)(C)O[SiH](C)C. The van der Waals surface area contributed by atoms with Gasteiger partial charge < -0.3 is 8.54 Å². The second-order valence-corrected chi connectivity index (χ2v) is 9.04. The molecule has 0 unspecified atom stereocenters. The summed E-state index contributed by atoms with van der Waals surface area (Å²) in [5, 5.41) is 0. The zero-order valence-electron chi connectivity index (χ0n) is 7.31. The monoisotopic (exact) mass is 177 g/mol. The molecule has 10 heavy (non-hydrogen) atoms. The van der Waals surface area contributed by atoms with Gasteiger partial charge in [-0.1, -0.05) is 0 Å². The lowest BCUT2D eigenvalue weighted by molar-refractivity contribution is 0.280. The molecule has 0 aliphatic rings. The van der Waals surface area contributed by atoms with E-state index in [-0.39, 0.29) is 0 Å². The number of hydrogen-bond donors (Lipinski definition) is 0. The van der Waals surface area contributed by atoms with Gasteiger partial charge in [-0.05, 0) is 26.2 Å². The summed E-state index contributed by atoms with van der Waals surface area (Å²) in [4.78, 5) is 0. The molecule has 0 aliphatic heterocycles. The van der Waals surface area contributed by atoms with Crippen LogP contribution in [0.1, 0.15) is 0 Å². The Morgan fingerprint density at radius 1 is 1.40 bits per heavy atom. The summed E-state index contributed by atoms with van der Waals surface area (Å²) >= 11 is 0. The molecule has 0 bridgehead atoms. The largest absolute Gasteiger partial charge is 0.439 e. The molecule has 4 heteroatoms. The van der Waals surface area contributed by atoms with Gasteiger partial charge in [0.05, 0.1) is 6.92 Å². The maximum atomic E-state index is 5.69. The van der Waals surface area contributed by atoms with Gasteiger partial charge in [-0.25, -0.2) is 0 Å². The van der Waals surface area contributed by atoms with Crippen molar-refractivity contribution in [3.05, 3.63) is 6.92 Å². The molecule has 0 fully saturated rings. The summed E-state index contributed by atoms with van der Waals surface area (Å²) < 4.78 is 11.1. The molecule has 0 aromatic heterocycles. The van der Waals surface area contributed by atoms with Crippen LogP contribution in [-0.4, -0.2) is 24.2 Å². The Balaban J connectivity index is 3.63. The third-order valence-electron chi connectivity index (χ3n) is 0.969. The standard InChI is InChI=1S/C6H17O2Si2/c1-6-7-10(4,5)8-9(2)3/h9H,1,6H2,2-5H3/q+1. The first-order chi connectivity index (χ1) is 4.48. The van der Waals surface area contributed by atoms with E-state index in [9.17, 15) is 0 Å². The Hall–Kier alpha value is 0.224. The minimum Gasteiger partial charge on any atom is -0.439 e. The Morgan fingerprint density at radius 2 is 1.90 bits per heavy atom. The quantitative estimate of drug-likeness (QED) is 0.479. The van der Waals surface area contributed by atoms with Crippen molar-refractivity contribution in [2.45, 2.75) is 26.2 Å². The second-order valence-electron chi connectivity index (χ2n) is 2.91. The maximum Gasteiger partial charge on any atom is 0.324 e. The normalized spacial score (nSPS) is 12.5. The highest BCUT2D eigenvalue weighted by atomic mass is 28.4.